The molecule has 1 aliphatic carbocycles. The molecule has 0 amide bonds. The molecule has 4 heteroatoms. The van der Waals surface area contributed by atoms with E-state index in [4.69, 9.17) is 4.74 Å². The number of esters is 1. The molecule has 4 rings (SSSR count). The smallest absolute Gasteiger partial charge is 0.338 e. The summed E-state index contributed by atoms with van der Waals surface area (Å²) in [4.78, 5) is 12.2. The van der Waals surface area contributed by atoms with Crippen LogP contribution >= 0.6 is 0 Å². The number of carbonyl (C=O) groups excluding carboxylic acids is 1. The summed E-state index contributed by atoms with van der Waals surface area (Å²) in [5, 5.41) is 10.7. The Balaban J connectivity index is 1.78. The number of hydrogen-bond acceptors (Lipinski definition) is 3. The van der Waals surface area contributed by atoms with Gasteiger partial charge < -0.3 is 14.4 Å². The molecule has 2 aromatic carbocycles. The lowest BCUT2D eigenvalue weighted by Gasteiger charge is -2.22. The van der Waals surface area contributed by atoms with E-state index in [0.29, 0.717) is 18.1 Å². The largest absolute Gasteiger partial charge is 0.508 e. The molecular weight excluding hydrogens is 350 g/mol. The van der Waals surface area contributed by atoms with Crippen LogP contribution in [-0.4, -0.2) is 22.2 Å². The highest BCUT2D eigenvalue weighted by Gasteiger charge is 2.18. The number of aromatic hydroxyl groups is 1. The first-order chi connectivity index (χ1) is 13.7. The number of nitrogens with zero attached hydrogens (tertiary/aromatic N) is 1. The average molecular weight is 377 g/mol. The van der Waals surface area contributed by atoms with Crippen LogP contribution < -0.4 is 0 Å². The third kappa shape index (κ3) is 3.77. The molecule has 0 unspecified atom stereocenters. The predicted molar refractivity (Wildman–Crippen MR) is 112 cm³/mol. The molecule has 0 saturated heterocycles. The Hall–Kier alpha value is -2.75. The van der Waals surface area contributed by atoms with E-state index in [1.165, 1.54) is 32.1 Å². The van der Waals surface area contributed by atoms with Gasteiger partial charge in [-0.05, 0) is 61.6 Å². The van der Waals surface area contributed by atoms with Crippen molar-refractivity contribution in [2.45, 2.75) is 45.6 Å². The standard InChI is InChI=1S/C24H27NO3/c1-2-28-24(27)19-10-13-23-21(14-19)22(18-8-11-20(26)12-9-18)16-25(23)15-17-6-4-3-5-7-17/h8-14,16-17,26H,2-7,15H2,1H3. The molecule has 0 bridgehead atoms. The molecular formula is C24H27NO3. The highest BCUT2D eigenvalue weighted by molar-refractivity contribution is 6.01. The van der Waals surface area contributed by atoms with Crippen LogP contribution in [0.5, 0.6) is 5.75 Å². The van der Waals surface area contributed by atoms with E-state index in [1.807, 2.05) is 37.3 Å². The van der Waals surface area contributed by atoms with E-state index in [2.05, 4.69) is 10.8 Å². The van der Waals surface area contributed by atoms with Crippen LogP contribution in [0.15, 0.2) is 48.7 Å². The number of phenolic OH excluding ortho intramolecular Hbond substituents is 1. The monoisotopic (exact) mass is 377 g/mol. The predicted octanol–water partition coefficient (Wildman–Crippen LogP) is 5.77. The molecule has 1 fully saturated rings. The van der Waals surface area contributed by atoms with Crippen molar-refractivity contribution < 1.29 is 14.6 Å². The molecule has 0 atom stereocenters. The second-order valence-corrected chi connectivity index (χ2v) is 7.70. The Kier molecular flexibility index (Phi) is 5.38. The van der Waals surface area contributed by atoms with Crippen molar-refractivity contribution in [1.29, 1.82) is 0 Å². The summed E-state index contributed by atoms with van der Waals surface area (Å²) in [5.74, 6) is 0.671. The lowest BCUT2D eigenvalue weighted by molar-refractivity contribution is 0.0526. The fourth-order valence-electron chi connectivity index (χ4n) is 4.31. The van der Waals surface area contributed by atoms with E-state index in [1.54, 1.807) is 12.1 Å². The summed E-state index contributed by atoms with van der Waals surface area (Å²) in [5.41, 5.74) is 3.83. The van der Waals surface area contributed by atoms with Gasteiger partial charge in [0.05, 0.1) is 12.2 Å². The van der Waals surface area contributed by atoms with Crippen molar-refractivity contribution in [2.24, 2.45) is 5.92 Å². The SMILES string of the molecule is CCOC(=O)c1ccc2c(c1)c(-c1ccc(O)cc1)cn2CC1CCCCC1. The van der Waals surface area contributed by atoms with E-state index in [-0.39, 0.29) is 11.7 Å². The minimum Gasteiger partial charge on any atom is -0.508 e. The molecule has 0 spiro atoms. The van der Waals surface area contributed by atoms with Gasteiger partial charge in [-0.15, -0.1) is 0 Å². The molecule has 1 aromatic heterocycles. The maximum Gasteiger partial charge on any atom is 0.338 e. The molecule has 3 aromatic rings. The van der Waals surface area contributed by atoms with Crippen LogP contribution in [0.1, 0.15) is 49.4 Å². The van der Waals surface area contributed by atoms with Crippen molar-refractivity contribution >= 4 is 16.9 Å². The Morgan fingerprint density at radius 1 is 1.11 bits per heavy atom. The number of rotatable bonds is 5. The average Bonchev–Trinajstić information content (AvgIpc) is 3.07. The number of ether oxygens (including phenoxy) is 1. The van der Waals surface area contributed by atoms with Gasteiger partial charge in [0.2, 0.25) is 0 Å². The molecule has 28 heavy (non-hydrogen) atoms. The van der Waals surface area contributed by atoms with Gasteiger partial charge >= 0.3 is 5.97 Å². The molecule has 146 valence electrons. The second kappa shape index (κ2) is 8.09. The normalized spacial score (nSPS) is 15.0. The molecule has 4 nitrogen and oxygen atoms in total. The quantitative estimate of drug-likeness (QED) is 0.574. The zero-order valence-electron chi connectivity index (χ0n) is 16.4. The molecule has 1 saturated carbocycles. The summed E-state index contributed by atoms with van der Waals surface area (Å²) >= 11 is 0. The maximum atomic E-state index is 12.2. The molecule has 0 radical (unpaired) electrons. The van der Waals surface area contributed by atoms with E-state index >= 15 is 0 Å². The summed E-state index contributed by atoms with van der Waals surface area (Å²) in [6, 6.07) is 13.1. The van der Waals surface area contributed by atoms with Crippen LogP contribution in [0.4, 0.5) is 0 Å². The summed E-state index contributed by atoms with van der Waals surface area (Å²) in [6.45, 7) is 3.19. The van der Waals surface area contributed by atoms with Gasteiger partial charge in [0.25, 0.3) is 0 Å². The van der Waals surface area contributed by atoms with Gasteiger partial charge in [-0.25, -0.2) is 4.79 Å². The first kappa shape index (κ1) is 18.6. The number of aromatic nitrogens is 1. The van der Waals surface area contributed by atoms with Crippen molar-refractivity contribution in [3.63, 3.8) is 0 Å². The third-order valence-electron chi connectivity index (χ3n) is 5.75. The third-order valence-corrected chi connectivity index (χ3v) is 5.75. The van der Waals surface area contributed by atoms with Crippen LogP contribution in [0, 0.1) is 5.92 Å². The first-order valence-corrected chi connectivity index (χ1v) is 10.2. The van der Waals surface area contributed by atoms with Crippen LogP contribution in [0.3, 0.4) is 0 Å². The topological polar surface area (TPSA) is 51.5 Å². The van der Waals surface area contributed by atoms with Gasteiger partial charge in [0.1, 0.15) is 5.75 Å². The Labute approximate surface area is 165 Å². The van der Waals surface area contributed by atoms with Crippen LogP contribution in [-0.2, 0) is 11.3 Å². The van der Waals surface area contributed by atoms with Crippen molar-refractivity contribution in [3.05, 3.63) is 54.2 Å². The van der Waals surface area contributed by atoms with Crippen molar-refractivity contribution in [3.8, 4) is 16.9 Å². The fraction of sp³-hybridized carbons (Fsp3) is 0.375. The summed E-state index contributed by atoms with van der Waals surface area (Å²) < 4.78 is 7.52. The van der Waals surface area contributed by atoms with E-state index < -0.39 is 0 Å². The van der Waals surface area contributed by atoms with Gasteiger partial charge in [-0.1, -0.05) is 31.4 Å². The molecule has 1 N–H and O–H groups in total. The number of carbonyl (C=O) groups is 1. The number of benzene rings is 2. The second-order valence-electron chi connectivity index (χ2n) is 7.70. The van der Waals surface area contributed by atoms with Gasteiger partial charge in [0.15, 0.2) is 0 Å². The molecule has 1 heterocycles. The van der Waals surface area contributed by atoms with Crippen LogP contribution in [0.25, 0.3) is 22.0 Å². The number of hydrogen-bond donors (Lipinski definition) is 1. The zero-order valence-corrected chi connectivity index (χ0v) is 16.4. The summed E-state index contributed by atoms with van der Waals surface area (Å²) in [6.07, 6.45) is 8.76. The number of phenols is 1. The Morgan fingerprint density at radius 2 is 1.86 bits per heavy atom. The van der Waals surface area contributed by atoms with Crippen molar-refractivity contribution in [1.82, 2.24) is 4.57 Å². The van der Waals surface area contributed by atoms with Crippen molar-refractivity contribution in [2.75, 3.05) is 6.61 Å². The van der Waals surface area contributed by atoms with Gasteiger partial charge in [-0.2, -0.15) is 0 Å². The zero-order chi connectivity index (χ0) is 19.5. The van der Waals surface area contributed by atoms with E-state index in [9.17, 15) is 9.90 Å². The van der Waals surface area contributed by atoms with Crippen LogP contribution in [0.2, 0.25) is 0 Å². The minimum atomic E-state index is -0.291. The highest BCUT2D eigenvalue weighted by atomic mass is 16.5. The Morgan fingerprint density at radius 3 is 2.57 bits per heavy atom. The molecule has 0 aliphatic heterocycles. The van der Waals surface area contributed by atoms with E-state index in [0.717, 1.165) is 28.6 Å². The molecule has 1 aliphatic rings. The minimum absolute atomic E-state index is 0.252. The summed E-state index contributed by atoms with van der Waals surface area (Å²) in [7, 11) is 0. The lowest BCUT2D eigenvalue weighted by atomic mass is 9.89. The van der Waals surface area contributed by atoms with Gasteiger partial charge in [0, 0.05) is 29.2 Å². The Bertz CT molecular complexity index is 965. The van der Waals surface area contributed by atoms with Gasteiger partial charge in [-0.3, -0.25) is 0 Å². The number of fused-ring (bicyclic) bond motifs is 1. The first-order valence-electron chi connectivity index (χ1n) is 10.2. The highest BCUT2D eigenvalue weighted by Crippen LogP contribution is 2.34. The lowest BCUT2D eigenvalue weighted by Crippen LogP contribution is -2.13. The fourth-order valence-corrected chi connectivity index (χ4v) is 4.31. The maximum absolute atomic E-state index is 12.2.